The van der Waals surface area contributed by atoms with Crippen molar-refractivity contribution < 1.29 is 37.7 Å². The van der Waals surface area contributed by atoms with Gasteiger partial charge in [-0.05, 0) is 28.8 Å². The Hall–Kier alpha value is -5.62. The highest BCUT2D eigenvalue weighted by molar-refractivity contribution is 5.74. The molecule has 1 N–H and O–H groups in total. The minimum absolute atomic E-state index is 0.280. The van der Waals surface area contributed by atoms with Gasteiger partial charge in [-0.2, -0.15) is 5.10 Å². The first-order chi connectivity index (χ1) is 25.9. The van der Waals surface area contributed by atoms with Gasteiger partial charge in [0.25, 0.3) is 5.85 Å². The van der Waals surface area contributed by atoms with Gasteiger partial charge in [0.05, 0.1) is 23.4 Å². The lowest BCUT2D eigenvalue weighted by molar-refractivity contribution is -0.221. The second-order valence-corrected chi connectivity index (χ2v) is 14.3. The van der Waals surface area contributed by atoms with Gasteiger partial charge >= 0.3 is 17.9 Å². The van der Waals surface area contributed by atoms with E-state index in [1.54, 1.807) is 53.7 Å². The van der Waals surface area contributed by atoms with Gasteiger partial charge in [0.15, 0.2) is 18.5 Å². The molecule has 4 atom stereocenters. The van der Waals surface area contributed by atoms with Crippen LogP contribution >= 0.6 is 0 Å². The van der Waals surface area contributed by atoms with Crippen molar-refractivity contribution in [3.8, 4) is 0 Å². The number of anilines is 1. The summed E-state index contributed by atoms with van der Waals surface area (Å²) in [6, 6.07) is 33.4. The van der Waals surface area contributed by atoms with Crippen LogP contribution in [0.25, 0.3) is 5.52 Å². The quantitative estimate of drug-likeness (QED) is 0.0752. The highest BCUT2D eigenvalue weighted by Crippen LogP contribution is 2.46. The molecule has 0 unspecified atom stereocenters. The molecule has 0 amide bonds. The predicted molar refractivity (Wildman–Crippen MR) is 199 cm³/mol. The highest BCUT2D eigenvalue weighted by atomic mass is 19.2. The van der Waals surface area contributed by atoms with Crippen LogP contribution in [-0.2, 0) is 38.9 Å². The molecular formula is C42H45FN4O7. The Kier molecular flexibility index (Phi) is 11.1. The van der Waals surface area contributed by atoms with Crippen LogP contribution in [0.1, 0.15) is 70.0 Å². The number of alkyl halides is 1. The molecule has 282 valence electrons. The molecule has 0 saturated carbocycles. The molecule has 12 heteroatoms. The second kappa shape index (κ2) is 15.8. The summed E-state index contributed by atoms with van der Waals surface area (Å²) in [5.74, 6) is -6.38. The third-order valence-corrected chi connectivity index (χ3v) is 9.36. The van der Waals surface area contributed by atoms with Crippen molar-refractivity contribution in [2.24, 2.45) is 17.8 Å². The van der Waals surface area contributed by atoms with E-state index in [1.165, 1.54) is 10.8 Å². The number of esters is 3. The number of ether oxygens (including phenoxy) is 4. The van der Waals surface area contributed by atoms with Crippen LogP contribution < -0.4 is 5.32 Å². The largest absolute Gasteiger partial charge is 0.459 e. The van der Waals surface area contributed by atoms with Gasteiger partial charge in [-0.15, -0.1) is 0 Å². The van der Waals surface area contributed by atoms with Crippen molar-refractivity contribution in [2.75, 3.05) is 11.9 Å². The summed E-state index contributed by atoms with van der Waals surface area (Å²) >= 11 is 0. The van der Waals surface area contributed by atoms with Crippen molar-refractivity contribution in [3.05, 3.63) is 132 Å². The number of hydrogen-bond donors (Lipinski definition) is 1. The molecule has 1 aliphatic heterocycles. The van der Waals surface area contributed by atoms with Crippen LogP contribution in [-0.4, -0.2) is 57.2 Å². The average Bonchev–Trinajstić information content (AvgIpc) is 3.72. The lowest BCUT2D eigenvalue weighted by Gasteiger charge is -2.37. The van der Waals surface area contributed by atoms with Crippen LogP contribution in [0.3, 0.4) is 0 Å². The molecule has 5 aromatic rings. The lowest BCUT2D eigenvalue weighted by atomic mass is 9.77. The van der Waals surface area contributed by atoms with Gasteiger partial charge in [-0.25, -0.2) is 13.9 Å². The molecule has 0 aliphatic carbocycles. The first kappa shape index (κ1) is 38.1. The number of benzene rings is 3. The lowest BCUT2D eigenvalue weighted by Crippen LogP contribution is -2.48. The Morgan fingerprint density at radius 1 is 0.759 bits per heavy atom. The van der Waals surface area contributed by atoms with Gasteiger partial charge in [0, 0.05) is 0 Å². The van der Waals surface area contributed by atoms with E-state index in [2.05, 4.69) is 10.4 Å². The molecule has 0 spiro atoms. The molecule has 1 aliphatic rings. The van der Waals surface area contributed by atoms with E-state index >= 15 is 4.39 Å². The molecule has 3 aromatic carbocycles. The number of halogens is 1. The van der Waals surface area contributed by atoms with E-state index in [0.29, 0.717) is 11.3 Å². The first-order valence-corrected chi connectivity index (χ1v) is 18.1. The van der Waals surface area contributed by atoms with Crippen LogP contribution in [0.5, 0.6) is 0 Å². The summed E-state index contributed by atoms with van der Waals surface area (Å²) < 4.78 is 41.7. The van der Waals surface area contributed by atoms with Crippen molar-refractivity contribution >= 4 is 29.2 Å². The number of nitrogens with zero attached hydrogens (tertiary/aromatic N) is 3. The highest BCUT2D eigenvalue weighted by Gasteiger charge is 2.62. The number of rotatable bonds is 13. The molecule has 1 fully saturated rings. The summed E-state index contributed by atoms with van der Waals surface area (Å²) in [5.41, 5.74) is 2.67. The van der Waals surface area contributed by atoms with Gasteiger partial charge in [0.1, 0.15) is 23.5 Å². The molecule has 0 bridgehead atoms. The summed E-state index contributed by atoms with van der Waals surface area (Å²) in [6.07, 6.45) is -3.26. The zero-order chi connectivity index (χ0) is 38.6. The minimum atomic E-state index is -2.89. The van der Waals surface area contributed by atoms with E-state index in [4.69, 9.17) is 23.9 Å². The van der Waals surface area contributed by atoms with E-state index in [-0.39, 0.29) is 5.69 Å². The standard InChI is InChI=1S/C42H45FN4O7/c1-26(2)38(48)51-24-41(43)36(53-40(50)28(5)6)35(52-39(49)27(3)4)34(54-41)32-22-23-33-37(44-25-45-47(32)33)46-42(29-16-10-7-11-17-29,30-18-12-8-13-19-30)31-20-14-9-15-21-31/h7-23,25-28,34-36H,24H2,1-6H3,(H,44,45,46)/t34-,35-,36-,41+/m0/s1. The normalized spacial score (nSPS) is 20.0. The summed E-state index contributed by atoms with van der Waals surface area (Å²) in [4.78, 5) is 43.4. The smallest absolute Gasteiger partial charge is 0.308 e. The van der Waals surface area contributed by atoms with E-state index in [0.717, 1.165) is 16.7 Å². The number of fused-ring (bicyclic) bond motifs is 1. The van der Waals surface area contributed by atoms with E-state index in [1.807, 2.05) is 91.0 Å². The number of carbonyl (C=O) groups excluding carboxylic acids is 3. The molecule has 6 rings (SSSR count). The van der Waals surface area contributed by atoms with Crippen molar-refractivity contribution in [1.29, 1.82) is 0 Å². The molecule has 3 heterocycles. The molecule has 54 heavy (non-hydrogen) atoms. The van der Waals surface area contributed by atoms with Gasteiger partial charge in [-0.3, -0.25) is 14.4 Å². The van der Waals surface area contributed by atoms with Gasteiger partial charge in [0.2, 0.25) is 6.10 Å². The SMILES string of the molecule is CC(C)C(=O)OC[C@@]1(F)O[C@@H](c2ccc3c(NC(c4ccccc4)(c4ccccc4)c4ccccc4)ncnn23)[C@H](OC(=O)C(C)C)[C@@H]1OC(=O)C(C)C. The predicted octanol–water partition coefficient (Wildman–Crippen LogP) is 7.21. The van der Waals surface area contributed by atoms with Gasteiger partial charge in [-0.1, -0.05) is 133 Å². The van der Waals surface area contributed by atoms with Crippen LogP contribution in [0.4, 0.5) is 10.2 Å². The Morgan fingerprint density at radius 3 is 1.76 bits per heavy atom. The Morgan fingerprint density at radius 2 is 1.26 bits per heavy atom. The first-order valence-electron chi connectivity index (χ1n) is 18.1. The second-order valence-electron chi connectivity index (χ2n) is 14.3. The number of nitrogens with one attached hydrogen (secondary N) is 1. The summed E-state index contributed by atoms with van der Waals surface area (Å²) in [6.45, 7) is 8.75. The van der Waals surface area contributed by atoms with E-state index in [9.17, 15) is 14.4 Å². The Bertz CT molecular complexity index is 1980. The monoisotopic (exact) mass is 736 g/mol. The molecule has 11 nitrogen and oxygen atoms in total. The zero-order valence-corrected chi connectivity index (χ0v) is 31.1. The van der Waals surface area contributed by atoms with Crippen LogP contribution in [0, 0.1) is 17.8 Å². The van der Waals surface area contributed by atoms with Gasteiger partial charge < -0.3 is 24.3 Å². The maximum atomic E-state index is 17.2. The molecule has 1 saturated heterocycles. The maximum Gasteiger partial charge on any atom is 0.308 e. The third-order valence-electron chi connectivity index (χ3n) is 9.36. The fourth-order valence-corrected chi connectivity index (χ4v) is 6.46. The Labute approximate surface area is 313 Å². The van der Waals surface area contributed by atoms with Crippen molar-refractivity contribution in [2.45, 2.75) is 71.2 Å². The van der Waals surface area contributed by atoms with Crippen LogP contribution in [0.2, 0.25) is 0 Å². The molecule has 0 radical (unpaired) electrons. The Balaban J connectivity index is 1.49. The fraction of sp³-hybridized carbons (Fsp3) is 0.357. The average molecular weight is 737 g/mol. The van der Waals surface area contributed by atoms with Crippen molar-refractivity contribution in [1.82, 2.24) is 14.6 Å². The fourth-order valence-electron chi connectivity index (χ4n) is 6.46. The van der Waals surface area contributed by atoms with E-state index < -0.39 is 72.0 Å². The summed E-state index contributed by atoms with van der Waals surface area (Å²) in [7, 11) is 0. The number of hydrogen-bond acceptors (Lipinski definition) is 10. The summed E-state index contributed by atoms with van der Waals surface area (Å²) in [5, 5.41) is 8.29. The topological polar surface area (TPSA) is 130 Å². The molecular weight excluding hydrogens is 691 g/mol. The third kappa shape index (κ3) is 7.43. The zero-order valence-electron chi connectivity index (χ0n) is 31.1. The molecule has 2 aromatic heterocycles. The maximum absolute atomic E-state index is 17.2. The minimum Gasteiger partial charge on any atom is -0.459 e. The van der Waals surface area contributed by atoms with Crippen LogP contribution in [0.15, 0.2) is 109 Å². The van der Waals surface area contributed by atoms with Crippen molar-refractivity contribution in [3.63, 3.8) is 0 Å². The number of aromatic nitrogens is 3. The number of carbonyl (C=O) groups is 3.